The number of carbonyl (C=O) groups excluding carboxylic acids is 1. The lowest BCUT2D eigenvalue weighted by Gasteiger charge is -2.31. The standard InChI is InChI=1S/C20H23N5O2/c26-20(17-6-3-9-24(12-17)13-18-7-4-10-27-18)22-11-16-5-1-2-8-19(16)25-15-21-14-23-25/h1-2,4-5,7-8,10,14-15,17H,3,6,9,11-13H2,(H,22,26)/t17-/m1/s1. The lowest BCUT2D eigenvalue weighted by molar-refractivity contribution is -0.127. The van der Waals surface area contributed by atoms with Crippen LogP contribution in [0.4, 0.5) is 0 Å². The highest BCUT2D eigenvalue weighted by Gasteiger charge is 2.26. The van der Waals surface area contributed by atoms with Gasteiger partial charge in [-0.15, -0.1) is 0 Å². The number of amides is 1. The van der Waals surface area contributed by atoms with Crippen molar-refractivity contribution in [2.75, 3.05) is 13.1 Å². The summed E-state index contributed by atoms with van der Waals surface area (Å²) in [6, 6.07) is 11.8. The molecule has 1 N–H and O–H groups in total. The number of furan rings is 1. The summed E-state index contributed by atoms with van der Waals surface area (Å²) in [4.78, 5) is 19.0. The van der Waals surface area contributed by atoms with Crippen molar-refractivity contribution in [3.63, 3.8) is 0 Å². The van der Waals surface area contributed by atoms with E-state index in [1.807, 2.05) is 36.4 Å². The Morgan fingerprint density at radius 3 is 3.00 bits per heavy atom. The molecule has 0 bridgehead atoms. The van der Waals surface area contributed by atoms with Crippen LogP contribution in [0.15, 0.2) is 59.7 Å². The molecule has 0 saturated carbocycles. The fourth-order valence-electron chi connectivity index (χ4n) is 3.58. The third-order valence-electron chi connectivity index (χ3n) is 4.95. The quantitative estimate of drug-likeness (QED) is 0.726. The second-order valence-corrected chi connectivity index (χ2v) is 6.84. The van der Waals surface area contributed by atoms with Crippen LogP contribution in [0, 0.1) is 5.92 Å². The van der Waals surface area contributed by atoms with Crippen LogP contribution in [-0.2, 0) is 17.9 Å². The first-order valence-corrected chi connectivity index (χ1v) is 9.25. The van der Waals surface area contributed by atoms with Crippen molar-refractivity contribution in [3.05, 3.63) is 66.6 Å². The van der Waals surface area contributed by atoms with E-state index in [0.29, 0.717) is 6.54 Å². The Bertz CT molecular complexity index is 860. The Labute approximate surface area is 158 Å². The second-order valence-electron chi connectivity index (χ2n) is 6.84. The van der Waals surface area contributed by atoms with Crippen LogP contribution in [0.1, 0.15) is 24.2 Å². The largest absolute Gasteiger partial charge is 0.468 e. The molecule has 1 saturated heterocycles. The van der Waals surface area contributed by atoms with E-state index < -0.39 is 0 Å². The van der Waals surface area contributed by atoms with Gasteiger partial charge in [0.05, 0.1) is 24.4 Å². The lowest BCUT2D eigenvalue weighted by Crippen LogP contribution is -2.42. The summed E-state index contributed by atoms with van der Waals surface area (Å²) in [7, 11) is 0. The molecule has 1 fully saturated rings. The zero-order valence-corrected chi connectivity index (χ0v) is 15.1. The third-order valence-corrected chi connectivity index (χ3v) is 4.95. The third kappa shape index (κ3) is 4.25. The molecule has 7 heteroatoms. The molecule has 3 heterocycles. The number of nitrogens with one attached hydrogen (secondary N) is 1. The van der Waals surface area contributed by atoms with E-state index in [1.165, 1.54) is 6.33 Å². The number of carbonyl (C=O) groups is 1. The van der Waals surface area contributed by atoms with Crippen molar-refractivity contribution in [1.82, 2.24) is 25.0 Å². The Kier molecular flexibility index (Phi) is 5.29. The molecule has 0 radical (unpaired) electrons. The SMILES string of the molecule is O=C(NCc1ccccc1-n1cncn1)[C@@H]1CCCN(Cc2ccco2)C1. The minimum atomic E-state index is 0.00671. The predicted octanol–water partition coefficient (Wildman–Crippen LogP) is 2.39. The van der Waals surface area contributed by atoms with Crippen molar-refractivity contribution in [1.29, 1.82) is 0 Å². The van der Waals surface area contributed by atoms with Crippen LogP contribution in [0.5, 0.6) is 0 Å². The van der Waals surface area contributed by atoms with E-state index in [2.05, 4.69) is 20.3 Å². The minimum absolute atomic E-state index is 0.00671. The van der Waals surface area contributed by atoms with Gasteiger partial charge in [0.2, 0.25) is 5.91 Å². The zero-order chi connectivity index (χ0) is 18.5. The van der Waals surface area contributed by atoms with E-state index in [0.717, 1.165) is 49.5 Å². The minimum Gasteiger partial charge on any atom is -0.468 e. The van der Waals surface area contributed by atoms with E-state index in [1.54, 1.807) is 17.3 Å². The molecule has 7 nitrogen and oxygen atoms in total. The van der Waals surface area contributed by atoms with E-state index in [9.17, 15) is 4.79 Å². The van der Waals surface area contributed by atoms with Crippen LogP contribution in [0.25, 0.3) is 5.69 Å². The van der Waals surface area contributed by atoms with Crippen molar-refractivity contribution in [2.24, 2.45) is 5.92 Å². The zero-order valence-electron chi connectivity index (χ0n) is 15.1. The summed E-state index contributed by atoms with van der Waals surface area (Å²) in [6.07, 6.45) is 6.80. The first-order valence-electron chi connectivity index (χ1n) is 9.25. The van der Waals surface area contributed by atoms with Gasteiger partial charge >= 0.3 is 0 Å². The molecular weight excluding hydrogens is 342 g/mol. The molecule has 27 heavy (non-hydrogen) atoms. The number of hydrogen-bond donors (Lipinski definition) is 1. The molecular formula is C20H23N5O2. The van der Waals surface area contributed by atoms with E-state index in [4.69, 9.17) is 4.42 Å². The van der Waals surface area contributed by atoms with E-state index in [-0.39, 0.29) is 11.8 Å². The molecule has 1 aliphatic heterocycles. The smallest absolute Gasteiger partial charge is 0.224 e. The van der Waals surface area contributed by atoms with Crippen LogP contribution in [0.2, 0.25) is 0 Å². The fourth-order valence-corrected chi connectivity index (χ4v) is 3.58. The van der Waals surface area contributed by atoms with Gasteiger partial charge in [0.1, 0.15) is 18.4 Å². The summed E-state index contributed by atoms with van der Waals surface area (Å²) in [6.45, 7) is 2.99. The molecule has 1 atom stereocenters. The number of rotatable bonds is 6. The maximum Gasteiger partial charge on any atom is 0.224 e. The van der Waals surface area contributed by atoms with Gasteiger partial charge in [-0.25, -0.2) is 9.67 Å². The number of aromatic nitrogens is 3. The summed E-state index contributed by atoms with van der Waals surface area (Å²) in [5.41, 5.74) is 1.94. The first kappa shape index (κ1) is 17.5. The predicted molar refractivity (Wildman–Crippen MR) is 99.9 cm³/mol. The Morgan fingerprint density at radius 1 is 1.26 bits per heavy atom. The lowest BCUT2D eigenvalue weighted by atomic mass is 9.97. The normalized spacial score (nSPS) is 17.7. The van der Waals surface area contributed by atoms with Gasteiger partial charge in [-0.05, 0) is 43.1 Å². The monoisotopic (exact) mass is 365 g/mol. The average molecular weight is 365 g/mol. The van der Waals surface area contributed by atoms with Crippen molar-refractivity contribution in [2.45, 2.75) is 25.9 Å². The molecule has 0 spiro atoms. The average Bonchev–Trinajstić information content (AvgIpc) is 3.41. The Morgan fingerprint density at radius 2 is 2.19 bits per heavy atom. The highest BCUT2D eigenvalue weighted by Crippen LogP contribution is 2.20. The number of nitrogens with zero attached hydrogens (tertiary/aromatic N) is 4. The van der Waals surface area contributed by atoms with Crippen LogP contribution >= 0.6 is 0 Å². The maximum atomic E-state index is 12.7. The molecule has 1 amide bonds. The van der Waals surface area contributed by atoms with Gasteiger partial charge in [0.25, 0.3) is 0 Å². The van der Waals surface area contributed by atoms with Crippen LogP contribution < -0.4 is 5.32 Å². The number of hydrogen-bond acceptors (Lipinski definition) is 5. The summed E-state index contributed by atoms with van der Waals surface area (Å²) >= 11 is 0. The topological polar surface area (TPSA) is 76.2 Å². The number of para-hydroxylation sites is 1. The van der Waals surface area contributed by atoms with E-state index >= 15 is 0 Å². The Balaban J connectivity index is 1.36. The van der Waals surface area contributed by atoms with Crippen LogP contribution in [0.3, 0.4) is 0 Å². The Hall–Kier alpha value is -2.93. The number of likely N-dealkylation sites (tertiary alicyclic amines) is 1. The first-order chi connectivity index (χ1) is 13.3. The highest BCUT2D eigenvalue weighted by atomic mass is 16.3. The van der Waals surface area contributed by atoms with Crippen molar-refractivity contribution < 1.29 is 9.21 Å². The molecule has 1 aromatic carbocycles. The van der Waals surface area contributed by atoms with Gasteiger partial charge in [-0.1, -0.05) is 18.2 Å². The number of piperidine rings is 1. The fraction of sp³-hybridized carbons (Fsp3) is 0.350. The molecule has 1 aliphatic rings. The molecule has 3 aromatic rings. The molecule has 140 valence electrons. The number of benzene rings is 1. The summed E-state index contributed by atoms with van der Waals surface area (Å²) in [5, 5.41) is 7.29. The van der Waals surface area contributed by atoms with Crippen LogP contribution in [-0.4, -0.2) is 38.7 Å². The van der Waals surface area contributed by atoms with Gasteiger partial charge in [0.15, 0.2) is 0 Å². The van der Waals surface area contributed by atoms with Gasteiger partial charge in [-0.3, -0.25) is 9.69 Å². The van der Waals surface area contributed by atoms with Gasteiger partial charge < -0.3 is 9.73 Å². The van der Waals surface area contributed by atoms with Gasteiger partial charge in [0, 0.05) is 13.1 Å². The summed E-state index contributed by atoms with van der Waals surface area (Å²) < 4.78 is 7.15. The summed E-state index contributed by atoms with van der Waals surface area (Å²) in [5.74, 6) is 1.05. The molecule has 2 aromatic heterocycles. The van der Waals surface area contributed by atoms with Crippen molar-refractivity contribution >= 4 is 5.91 Å². The molecule has 0 unspecified atom stereocenters. The molecule has 4 rings (SSSR count). The van der Waals surface area contributed by atoms with Gasteiger partial charge in [-0.2, -0.15) is 5.10 Å². The maximum absolute atomic E-state index is 12.7. The van der Waals surface area contributed by atoms with Crippen molar-refractivity contribution in [3.8, 4) is 5.69 Å². The molecule has 0 aliphatic carbocycles. The highest BCUT2D eigenvalue weighted by molar-refractivity contribution is 5.79. The second kappa shape index (κ2) is 8.18.